The molecule has 3 aromatic rings. The number of hydrogen-bond acceptors (Lipinski definition) is 7. The summed E-state index contributed by atoms with van der Waals surface area (Å²) >= 11 is 1.80. The average molecular weight is 430 g/mol. The fourth-order valence-electron chi connectivity index (χ4n) is 3.81. The van der Waals surface area contributed by atoms with E-state index in [4.69, 9.17) is 15.2 Å². The number of hydrogen-bond donors (Lipinski definition) is 1. The normalized spacial score (nSPS) is 14.9. The Labute approximate surface area is 179 Å². The molecule has 1 saturated heterocycles. The first kappa shape index (κ1) is 20.5. The molecule has 1 aliphatic rings. The molecule has 0 bridgehead atoms. The zero-order valence-corrected chi connectivity index (χ0v) is 17.9. The topological polar surface area (TPSA) is 85.9 Å². The second kappa shape index (κ2) is 9.36. The van der Waals surface area contributed by atoms with E-state index in [-0.39, 0.29) is 6.61 Å². The lowest BCUT2D eigenvalue weighted by molar-refractivity contribution is 0.146. The van der Waals surface area contributed by atoms with Gasteiger partial charge in [-0.05, 0) is 30.0 Å². The fraction of sp³-hybridized carbons (Fsp3) is 0.429. The summed E-state index contributed by atoms with van der Waals surface area (Å²) in [6.45, 7) is 5.76. The van der Waals surface area contributed by atoms with Crippen molar-refractivity contribution < 1.29 is 14.3 Å². The maximum atomic E-state index is 10.8. The number of nitrogens with two attached hydrogens (primary N) is 1. The minimum Gasteiger partial charge on any atom is -0.490 e. The molecule has 0 radical (unpaired) electrons. The van der Waals surface area contributed by atoms with Crippen LogP contribution in [0.25, 0.3) is 10.1 Å². The molecule has 0 saturated carbocycles. The molecule has 1 fully saturated rings. The highest BCUT2D eigenvalue weighted by molar-refractivity contribution is 7.17. The van der Waals surface area contributed by atoms with Crippen LogP contribution < -0.4 is 15.4 Å². The highest BCUT2D eigenvalue weighted by Crippen LogP contribution is 2.31. The molecule has 0 aliphatic carbocycles. The molecule has 1 aliphatic heterocycles. The maximum Gasteiger partial charge on any atom is 0.404 e. The standard InChI is InChI=1S/C21H27N5O3S/c1-24-14-19(17(23-24)15-29-21(22)27)28-12-3-7-25-8-10-26(11-9-25)18-4-2-5-20-16(18)6-13-30-20/h2,4-6,13-14H,3,7-12,15H2,1H3,(H2,22,27). The van der Waals surface area contributed by atoms with Crippen LogP contribution in [0.3, 0.4) is 0 Å². The van der Waals surface area contributed by atoms with Crippen LogP contribution in [0.1, 0.15) is 12.1 Å². The Balaban J connectivity index is 1.21. The van der Waals surface area contributed by atoms with Gasteiger partial charge in [-0.1, -0.05) is 6.07 Å². The van der Waals surface area contributed by atoms with E-state index >= 15 is 0 Å². The number of piperazine rings is 1. The summed E-state index contributed by atoms with van der Waals surface area (Å²) in [6, 6.07) is 8.79. The van der Waals surface area contributed by atoms with Gasteiger partial charge in [-0.3, -0.25) is 9.58 Å². The van der Waals surface area contributed by atoms with Gasteiger partial charge < -0.3 is 20.1 Å². The minimum atomic E-state index is -0.819. The van der Waals surface area contributed by atoms with Crippen molar-refractivity contribution in [2.75, 3.05) is 44.2 Å². The van der Waals surface area contributed by atoms with Crippen molar-refractivity contribution in [3.8, 4) is 5.75 Å². The van der Waals surface area contributed by atoms with Crippen molar-refractivity contribution in [1.82, 2.24) is 14.7 Å². The summed E-state index contributed by atoms with van der Waals surface area (Å²) in [4.78, 5) is 15.8. The molecule has 160 valence electrons. The second-order valence-corrected chi connectivity index (χ2v) is 8.31. The predicted octanol–water partition coefficient (Wildman–Crippen LogP) is 2.82. The van der Waals surface area contributed by atoms with E-state index in [0.717, 1.165) is 39.1 Å². The van der Waals surface area contributed by atoms with Crippen LogP contribution in [0.4, 0.5) is 10.5 Å². The van der Waals surface area contributed by atoms with Crippen molar-refractivity contribution in [1.29, 1.82) is 0 Å². The van der Waals surface area contributed by atoms with Crippen molar-refractivity contribution in [3.63, 3.8) is 0 Å². The van der Waals surface area contributed by atoms with Gasteiger partial charge in [-0.2, -0.15) is 5.10 Å². The lowest BCUT2D eigenvalue weighted by Crippen LogP contribution is -2.46. The molecule has 0 unspecified atom stereocenters. The number of fused-ring (bicyclic) bond motifs is 1. The van der Waals surface area contributed by atoms with Gasteiger partial charge in [0.15, 0.2) is 5.75 Å². The van der Waals surface area contributed by atoms with E-state index in [1.54, 1.807) is 29.3 Å². The van der Waals surface area contributed by atoms with Crippen LogP contribution in [0, 0.1) is 0 Å². The molecule has 8 nitrogen and oxygen atoms in total. The number of rotatable bonds is 8. The summed E-state index contributed by atoms with van der Waals surface area (Å²) in [7, 11) is 1.80. The van der Waals surface area contributed by atoms with Crippen molar-refractivity contribution >= 4 is 33.2 Å². The zero-order chi connectivity index (χ0) is 20.9. The van der Waals surface area contributed by atoms with Crippen molar-refractivity contribution in [2.24, 2.45) is 12.8 Å². The van der Waals surface area contributed by atoms with Crippen LogP contribution >= 0.6 is 11.3 Å². The third-order valence-electron chi connectivity index (χ3n) is 5.28. The van der Waals surface area contributed by atoms with Gasteiger partial charge in [0.1, 0.15) is 12.3 Å². The number of ether oxygens (including phenoxy) is 2. The fourth-order valence-corrected chi connectivity index (χ4v) is 4.62. The molecule has 3 heterocycles. The van der Waals surface area contributed by atoms with Crippen LogP contribution in [0.2, 0.25) is 0 Å². The Morgan fingerprint density at radius 2 is 2.07 bits per heavy atom. The first-order chi connectivity index (χ1) is 14.6. The van der Waals surface area contributed by atoms with Gasteiger partial charge in [-0.15, -0.1) is 11.3 Å². The number of primary amides is 1. The minimum absolute atomic E-state index is 0.0182. The molecule has 0 atom stereocenters. The van der Waals surface area contributed by atoms with E-state index in [1.165, 1.54) is 15.8 Å². The average Bonchev–Trinajstić information content (AvgIpc) is 3.36. The summed E-state index contributed by atoms with van der Waals surface area (Å²) in [5, 5.41) is 7.77. The number of thiophene rings is 1. The highest BCUT2D eigenvalue weighted by atomic mass is 32.1. The monoisotopic (exact) mass is 429 g/mol. The number of carbonyl (C=O) groups is 1. The van der Waals surface area contributed by atoms with Crippen molar-refractivity contribution in [3.05, 3.63) is 41.5 Å². The second-order valence-electron chi connectivity index (χ2n) is 7.36. The molecule has 1 amide bonds. The Kier molecular flexibility index (Phi) is 6.39. The molecule has 4 rings (SSSR count). The SMILES string of the molecule is Cn1cc(OCCCN2CCN(c3cccc4sccc34)CC2)c(COC(N)=O)n1. The Morgan fingerprint density at radius 1 is 1.23 bits per heavy atom. The van der Waals surface area contributed by atoms with Crippen LogP contribution in [-0.4, -0.2) is 60.1 Å². The largest absolute Gasteiger partial charge is 0.490 e. The van der Waals surface area contributed by atoms with Gasteiger partial charge in [0.25, 0.3) is 0 Å². The predicted molar refractivity (Wildman–Crippen MR) is 118 cm³/mol. The molecular formula is C21H27N5O3S. The summed E-state index contributed by atoms with van der Waals surface area (Å²) in [5.74, 6) is 0.632. The molecule has 9 heteroatoms. The Hall–Kier alpha value is -2.78. The van der Waals surface area contributed by atoms with Gasteiger partial charge >= 0.3 is 6.09 Å². The van der Waals surface area contributed by atoms with Gasteiger partial charge in [0.05, 0.1) is 12.8 Å². The smallest absolute Gasteiger partial charge is 0.404 e. The number of nitrogens with zero attached hydrogens (tertiary/aromatic N) is 4. The molecule has 2 aromatic heterocycles. The van der Waals surface area contributed by atoms with Crippen molar-refractivity contribution in [2.45, 2.75) is 13.0 Å². The summed E-state index contributed by atoms with van der Waals surface area (Å²) < 4.78 is 13.7. The van der Waals surface area contributed by atoms with E-state index in [0.29, 0.717) is 18.1 Å². The Bertz CT molecular complexity index is 994. The Morgan fingerprint density at radius 3 is 2.87 bits per heavy atom. The summed E-state index contributed by atoms with van der Waals surface area (Å²) in [5.41, 5.74) is 6.95. The lowest BCUT2D eigenvalue weighted by atomic mass is 10.2. The van der Waals surface area contributed by atoms with Gasteiger partial charge in [0, 0.05) is 55.5 Å². The number of anilines is 1. The lowest BCUT2D eigenvalue weighted by Gasteiger charge is -2.36. The molecular weight excluding hydrogens is 402 g/mol. The van der Waals surface area contributed by atoms with E-state index in [1.807, 2.05) is 0 Å². The highest BCUT2D eigenvalue weighted by Gasteiger charge is 2.19. The maximum absolute atomic E-state index is 10.8. The third kappa shape index (κ3) is 4.85. The number of amides is 1. The molecule has 2 N–H and O–H groups in total. The van der Waals surface area contributed by atoms with E-state index < -0.39 is 6.09 Å². The summed E-state index contributed by atoms with van der Waals surface area (Å²) in [6.07, 6.45) is 1.88. The first-order valence-electron chi connectivity index (χ1n) is 10.1. The number of benzene rings is 1. The quantitative estimate of drug-likeness (QED) is 0.554. The third-order valence-corrected chi connectivity index (χ3v) is 6.16. The van der Waals surface area contributed by atoms with Crippen LogP contribution in [0.5, 0.6) is 5.75 Å². The van der Waals surface area contributed by atoms with Gasteiger partial charge in [0.2, 0.25) is 0 Å². The zero-order valence-electron chi connectivity index (χ0n) is 17.1. The van der Waals surface area contributed by atoms with E-state index in [2.05, 4.69) is 44.5 Å². The van der Waals surface area contributed by atoms with Crippen LogP contribution in [-0.2, 0) is 18.4 Å². The number of carbonyl (C=O) groups excluding carboxylic acids is 1. The number of aromatic nitrogens is 2. The van der Waals surface area contributed by atoms with Crippen LogP contribution in [0.15, 0.2) is 35.8 Å². The first-order valence-corrected chi connectivity index (χ1v) is 11.0. The molecule has 30 heavy (non-hydrogen) atoms. The molecule has 0 spiro atoms. The van der Waals surface area contributed by atoms with Gasteiger partial charge in [-0.25, -0.2) is 4.79 Å². The molecule has 1 aromatic carbocycles. The van der Waals surface area contributed by atoms with E-state index in [9.17, 15) is 4.79 Å². The number of aryl methyl sites for hydroxylation is 1.